The van der Waals surface area contributed by atoms with Gasteiger partial charge in [-0.25, -0.2) is 0 Å². The zero-order chi connectivity index (χ0) is 29.4. The van der Waals surface area contributed by atoms with Crippen molar-refractivity contribution in [2.24, 2.45) is 17.8 Å². The Morgan fingerprint density at radius 3 is 2.33 bits per heavy atom. The summed E-state index contributed by atoms with van der Waals surface area (Å²) in [6.45, 7) is 12.5. The van der Waals surface area contributed by atoms with Crippen molar-refractivity contribution in [3.63, 3.8) is 0 Å². The number of rotatable bonds is 4. The van der Waals surface area contributed by atoms with Crippen LogP contribution in [0.5, 0.6) is 0 Å². The van der Waals surface area contributed by atoms with Gasteiger partial charge in [0.2, 0.25) is 0 Å². The van der Waals surface area contributed by atoms with E-state index in [1.165, 1.54) is 6.92 Å². The van der Waals surface area contributed by atoms with Gasteiger partial charge in [-0.15, -0.1) is 0 Å². The van der Waals surface area contributed by atoms with Crippen molar-refractivity contribution >= 4 is 5.97 Å². The summed E-state index contributed by atoms with van der Waals surface area (Å²) >= 11 is 0. The van der Waals surface area contributed by atoms with E-state index in [9.17, 15) is 25.2 Å². The van der Waals surface area contributed by atoms with E-state index in [2.05, 4.69) is 5.32 Å². The molecule has 11 nitrogen and oxygen atoms in total. The van der Waals surface area contributed by atoms with Crippen molar-refractivity contribution in [1.29, 1.82) is 0 Å². The molecular weight excluding hydrogens is 508 g/mol. The molecule has 0 aromatic heterocycles. The van der Waals surface area contributed by atoms with Gasteiger partial charge in [0.05, 0.1) is 23.7 Å². The second kappa shape index (κ2) is 12.5. The largest absolute Gasteiger partial charge is 0.459 e. The Morgan fingerprint density at radius 2 is 1.74 bits per heavy atom. The van der Waals surface area contributed by atoms with Crippen LogP contribution in [0.15, 0.2) is 0 Å². The zero-order valence-corrected chi connectivity index (χ0v) is 25.0. The molecule has 3 rings (SSSR count). The molecule has 0 amide bonds. The molecule has 0 aliphatic carbocycles. The molecule has 11 heteroatoms. The first kappa shape index (κ1) is 32.6. The number of nitrogens with one attached hydrogen (secondary N) is 1. The van der Waals surface area contributed by atoms with Gasteiger partial charge < -0.3 is 49.6 Å². The number of aliphatic hydroxyl groups is 4. The summed E-state index contributed by atoms with van der Waals surface area (Å²) in [6, 6.07) is -0.456. The summed E-state index contributed by atoms with van der Waals surface area (Å²) in [5, 5.41) is 48.7. The highest BCUT2D eigenvalue weighted by molar-refractivity contribution is 5.73. The lowest BCUT2D eigenvalue weighted by Crippen LogP contribution is -2.59. The molecule has 0 aromatic rings. The van der Waals surface area contributed by atoms with E-state index in [0.29, 0.717) is 13.0 Å². The summed E-state index contributed by atoms with van der Waals surface area (Å²) in [5.41, 5.74) is -3.21. The molecule has 3 aliphatic heterocycles. The van der Waals surface area contributed by atoms with E-state index in [-0.39, 0.29) is 30.9 Å². The Kier molecular flexibility index (Phi) is 10.5. The Labute approximate surface area is 233 Å². The van der Waals surface area contributed by atoms with Gasteiger partial charge in [-0.2, -0.15) is 0 Å². The molecular formula is C28H52N2O9. The summed E-state index contributed by atoms with van der Waals surface area (Å²) in [5.74, 6) is -2.26. The fourth-order valence-corrected chi connectivity index (χ4v) is 6.50. The number of cyclic esters (lactones) is 1. The average molecular weight is 561 g/mol. The van der Waals surface area contributed by atoms with Crippen LogP contribution in [-0.4, -0.2) is 118 Å². The van der Waals surface area contributed by atoms with Gasteiger partial charge in [0.1, 0.15) is 23.9 Å². The Morgan fingerprint density at radius 1 is 1.10 bits per heavy atom. The molecule has 3 fully saturated rings. The third-order valence-electron chi connectivity index (χ3n) is 9.20. The highest BCUT2D eigenvalue weighted by atomic mass is 16.8. The molecule has 3 heterocycles. The lowest BCUT2D eigenvalue weighted by molar-refractivity contribution is -0.238. The van der Waals surface area contributed by atoms with Crippen LogP contribution in [0.2, 0.25) is 0 Å². The van der Waals surface area contributed by atoms with Crippen LogP contribution in [0.3, 0.4) is 0 Å². The Balaban J connectivity index is 1.95. The van der Waals surface area contributed by atoms with Gasteiger partial charge >= 0.3 is 5.97 Å². The lowest BCUT2D eigenvalue weighted by Gasteiger charge is -2.42. The first-order valence-corrected chi connectivity index (χ1v) is 14.4. The minimum atomic E-state index is -1.72. The number of likely N-dealkylation sites (N-methyl/N-ethyl adjacent to an activating group) is 2. The fourth-order valence-electron chi connectivity index (χ4n) is 6.50. The number of carbonyl (C=O) groups excluding carboxylic acids is 1. The molecule has 39 heavy (non-hydrogen) atoms. The Bertz CT molecular complexity index is 827. The Hall–Kier alpha value is -0.890. The molecule has 0 radical (unpaired) electrons. The lowest BCUT2D eigenvalue weighted by atomic mass is 9.78. The van der Waals surface area contributed by atoms with Crippen molar-refractivity contribution in [2.75, 3.05) is 20.6 Å². The number of nitrogens with zero attached hydrogens (tertiary/aromatic N) is 1. The minimum Gasteiger partial charge on any atom is -0.459 e. The van der Waals surface area contributed by atoms with Crippen molar-refractivity contribution < 1.29 is 44.2 Å². The summed E-state index contributed by atoms with van der Waals surface area (Å²) < 4.78 is 23.7. The minimum absolute atomic E-state index is 0.0162. The van der Waals surface area contributed by atoms with Crippen molar-refractivity contribution in [3.8, 4) is 0 Å². The van der Waals surface area contributed by atoms with Gasteiger partial charge in [-0.1, -0.05) is 20.8 Å². The summed E-state index contributed by atoms with van der Waals surface area (Å²) in [7, 11) is 3.67. The average Bonchev–Trinajstić information content (AvgIpc) is 3.66. The van der Waals surface area contributed by atoms with Crippen LogP contribution in [0.25, 0.3) is 0 Å². The maximum Gasteiger partial charge on any atom is 0.311 e. The monoisotopic (exact) mass is 560 g/mol. The first-order chi connectivity index (χ1) is 18.0. The standard InChI is InChI=1S/C28H52N2O9/c1-10-19-28(7,35)24(32)17(5)30(9)13-14(2)12-27(6,34)23(31)15(3)21(16(4)25(33)36-19)37-20-11-18(29-8)22-26(38-20)39-22/h14-24,26,29,31-32,34-35H,10-13H2,1-9H3/t14-,15+,16-,17-,18?,19-,20-,21+,22+,23-,24-,26?,27-,28-/m1/s1. The van der Waals surface area contributed by atoms with Crippen LogP contribution in [0, 0.1) is 17.8 Å². The van der Waals surface area contributed by atoms with E-state index < -0.39 is 72.0 Å². The van der Waals surface area contributed by atoms with Crippen LogP contribution < -0.4 is 5.32 Å². The number of epoxide rings is 1. The predicted octanol–water partition coefficient (Wildman–Crippen LogP) is 0.609. The van der Waals surface area contributed by atoms with E-state index in [1.54, 1.807) is 34.6 Å². The molecule has 3 saturated heterocycles. The molecule has 2 unspecified atom stereocenters. The van der Waals surface area contributed by atoms with Crippen molar-refractivity contribution in [3.05, 3.63) is 0 Å². The van der Waals surface area contributed by atoms with Gasteiger partial charge in [0.15, 0.2) is 12.6 Å². The maximum atomic E-state index is 13.5. The second-order valence-electron chi connectivity index (χ2n) is 12.7. The van der Waals surface area contributed by atoms with E-state index in [4.69, 9.17) is 18.9 Å². The van der Waals surface area contributed by atoms with Crippen LogP contribution in [0.1, 0.15) is 67.7 Å². The number of hydrogen-bond acceptors (Lipinski definition) is 11. The zero-order valence-electron chi connectivity index (χ0n) is 25.0. The van der Waals surface area contributed by atoms with Crippen LogP contribution in [-0.2, 0) is 23.7 Å². The normalized spacial score (nSPS) is 50.8. The quantitative estimate of drug-likeness (QED) is 0.243. The fraction of sp³-hybridized carbons (Fsp3) is 0.964. The SMILES string of the molecule is CC[C@H]1OC(=O)[C@H](C)[C@@H](O[C@H]2CC(NC)[C@@H]3OC3O2)[C@H](C)[C@@H](O)[C@](C)(O)C[C@@H](C)CN(C)[C@H](C)[C@@H](O)[C@]1(C)O. The number of fused-ring (bicyclic) bond motifs is 1. The molecule has 0 bridgehead atoms. The van der Waals surface area contributed by atoms with E-state index >= 15 is 0 Å². The summed E-state index contributed by atoms with van der Waals surface area (Å²) in [6.07, 6.45) is -4.42. The van der Waals surface area contributed by atoms with Gasteiger partial charge in [0, 0.05) is 31.0 Å². The number of hydrogen-bond donors (Lipinski definition) is 5. The van der Waals surface area contributed by atoms with E-state index in [0.717, 1.165) is 0 Å². The maximum absolute atomic E-state index is 13.5. The number of ether oxygens (including phenoxy) is 4. The van der Waals surface area contributed by atoms with Crippen LogP contribution >= 0.6 is 0 Å². The molecule has 5 N–H and O–H groups in total. The summed E-state index contributed by atoms with van der Waals surface area (Å²) in [4.78, 5) is 15.5. The number of esters is 1. The van der Waals surface area contributed by atoms with Gasteiger partial charge in [-0.3, -0.25) is 4.79 Å². The molecule has 0 spiro atoms. The second-order valence-corrected chi connectivity index (χ2v) is 12.7. The van der Waals surface area contributed by atoms with Gasteiger partial charge in [-0.05, 0) is 60.5 Å². The molecule has 3 aliphatic rings. The third kappa shape index (κ3) is 7.13. The van der Waals surface area contributed by atoms with Crippen molar-refractivity contribution in [1.82, 2.24) is 10.2 Å². The molecule has 14 atom stereocenters. The topological polar surface area (TPSA) is 153 Å². The first-order valence-electron chi connectivity index (χ1n) is 14.4. The molecule has 0 saturated carbocycles. The highest BCUT2D eigenvalue weighted by Gasteiger charge is 2.54. The number of carbonyl (C=O) groups is 1. The highest BCUT2D eigenvalue weighted by Crippen LogP contribution is 2.39. The van der Waals surface area contributed by atoms with Crippen LogP contribution in [0.4, 0.5) is 0 Å². The van der Waals surface area contributed by atoms with Crippen molar-refractivity contribution in [2.45, 2.75) is 134 Å². The molecule has 228 valence electrons. The third-order valence-corrected chi connectivity index (χ3v) is 9.20. The van der Waals surface area contributed by atoms with Gasteiger partial charge in [0.25, 0.3) is 0 Å². The van der Waals surface area contributed by atoms with E-state index in [1.807, 2.05) is 25.9 Å². The molecule has 0 aromatic carbocycles. The predicted molar refractivity (Wildman–Crippen MR) is 144 cm³/mol. The number of aliphatic hydroxyl groups excluding tert-OH is 2. The smallest absolute Gasteiger partial charge is 0.311 e.